The summed E-state index contributed by atoms with van der Waals surface area (Å²) >= 11 is 0. The SMILES string of the molecule is CCCCC=Cc1cnc2c(CN3CC(CCC)CC3=O)c(C)nn2c1. The minimum atomic E-state index is 0.262. The molecule has 3 heterocycles. The van der Waals surface area contributed by atoms with E-state index in [-0.39, 0.29) is 5.91 Å². The number of likely N-dealkylation sites (tertiary alicyclic amines) is 1. The normalized spacial score (nSPS) is 17.9. The lowest BCUT2D eigenvalue weighted by molar-refractivity contribution is -0.128. The maximum Gasteiger partial charge on any atom is 0.223 e. The van der Waals surface area contributed by atoms with Gasteiger partial charge in [0, 0.05) is 36.5 Å². The molecule has 26 heavy (non-hydrogen) atoms. The molecule has 2 aromatic rings. The second-order valence-electron chi connectivity index (χ2n) is 7.40. The van der Waals surface area contributed by atoms with Crippen LogP contribution in [0, 0.1) is 12.8 Å². The maximum absolute atomic E-state index is 12.3. The molecule has 5 nitrogen and oxygen atoms in total. The first-order valence-corrected chi connectivity index (χ1v) is 9.90. The van der Waals surface area contributed by atoms with Crippen molar-refractivity contribution in [2.24, 2.45) is 5.92 Å². The van der Waals surface area contributed by atoms with Crippen molar-refractivity contribution in [3.05, 3.63) is 35.3 Å². The van der Waals surface area contributed by atoms with Gasteiger partial charge in [0.1, 0.15) is 0 Å². The van der Waals surface area contributed by atoms with E-state index in [2.05, 4.69) is 36.1 Å². The van der Waals surface area contributed by atoms with Crippen molar-refractivity contribution in [2.45, 2.75) is 65.8 Å². The Morgan fingerprint density at radius 1 is 1.31 bits per heavy atom. The predicted octanol–water partition coefficient (Wildman–Crippen LogP) is 4.39. The van der Waals surface area contributed by atoms with Crippen molar-refractivity contribution < 1.29 is 4.79 Å². The first-order valence-electron chi connectivity index (χ1n) is 9.90. The van der Waals surface area contributed by atoms with Gasteiger partial charge in [0.25, 0.3) is 0 Å². The third-order valence-electron chi connectivity index (χ3n) is 5.16. The first-order chi connectivity index (χ1) is 12.6. The highest BCUT2D eigenvalue weighted by molar-refractivity contribution is 5.79. The van der Waals surface area contributed by atoms with Crippen molar-refractivity contribution in [1.82, 2.24) is 19.5 Å². The van der Waals surface area contributed by atoms with Gasteiger partial charge in [-0.3, -0.25) is 4.79 Å². The van der Waals surface area contributed by atoms with Crippen LogP contribution in [0.15, 0.2) is 18.5 Å². The van der Waals surface area contributed by atoms with Crippen molar-refractivity contribution >= 4 is 17.6 Å². The molecule has 0 bridgehead atoms. The summed E-state index contributed by atoms with van der Waals surface area (Å²) in [6, 6.07) is 0. The van der Waals surface area contributed by atoms with E-state index < -0.39 is 0 Å². The molecule has 1 fully saturated rings. The van der Waals surface area contributed by atoms with E-state index in [1.54, 1.807) is 0 Å². The Morgan fingerprint density at radius 3 is 2.92 bits per heavy atom. The molecule has 0 aliphatic carbocycles. The van der Waals surface area contributed by atoms with Crippen molar-refractivity contribution in [3.8, 4) is 0 Å². The van der Waals surface area contributed by atoms with Crippen molar-refractivity contribution in [3.63, 3.8) is 0 Å². The number of hydrogen-bond acceptors (Lipinski definition) is 3. The summed E-state index contributed by atoms with van der Waals surface area (Å²) in [6.45, 7) is 7.87. The van der Waals surface area contributed by atoms with Gasteiger partial charge >= 0.3 is 0 Å². The molecule has 140 valence electrons. The van der Waals surface area contributed by atoms with E-state index in [4.69, 9.17) is 0 Å². The number of aromatic nitrogens is 3. The molecule has 0 spiro atoms. The topological polar surface area (TPSA) is 50.5 Å². The molecular weight excluding hydrogens is 324 g/mol. The van der Waals surface area contributed by atoms with Crippen LogP contribution in [0.2, 0.25) is 0 Å². The summed E-state index contributed by atoms with van der Waals surface area (Å²) in [5, 5.41) is 4.62. The quantitative estimate of drug-likeness (QED) is 0.661. The lowest BCUT2D eigenvalue weighted by Crippen LogP contribution is -2.25. The van der Waals surface area contributed by atoms with Gasteiger partial charge < -0.3 is 4.90 Å². The highest BCUT2D eigenvalue weighted by Crippen LogP contribution is 2.25. The largest absolute Gasteiger partial charge is 0.338 e. The fourth-order valence-corrected chi connectivity index (χ4v) is 3.72. The minimum Gasteiger partial charge on any atom is -0.338 e. The van der Waals surface area contributed by atoms with Crippen molar-refractivity contribution in [1.29, 1.82) is 0 Å². The van der Waals surface area contributed by atoms with Crippen LogP contribution in [0.1, 0.15) is 69.2 Å². The summed E-state index contributed by atoms with van der Waals surface area (Å²) in [6.07, 6.45) is 14.7. The van der Waals surface area contributed by atoms with Gasteiger partial charge in [-0.2, -0.15) is 5.10 Å². The zero-order valence-corrected chi connectivity index (χ0v) is 16.2. The molecule has 3 rings (SSSR count). The van der Waals surface area contributed by atoms with E-state index in [0.717, 1.165) is 48.3 Å². The molecule has 0 radical (unpaired) electrons. The van der Waals surface area contributed by atoms with Crippen LogP contribution in [-0.4, -0.2) is 31.9 Å². The van der Waals surface area contributed by atoms with Gasteiger partial charge in [0.05, 0.1) is 12.2 Å². The monoisotopic (exact) mass is 354 g/mol. The Kier molecular flexibility index (Phi) is 6.07. The molecule has 1 saturated heterocycles. The predicted molar refractivity (Wildman–Crippen MR) is 105 cm³/mol. The van der Waals surface area contributed by atoms with Crippen LogP contribution in [0.4, 0.5) is 0 Å². The Balaban J connectivity index is 1.76. The van der Waals surface area contributed by atoms with Gasteiger partial charge in [-0.25, -0.2) is 9.50 Å². The molecule has 2 aromatic heterocycles. The van der Waals surface area contributed by atoms with Gasteiger partial charge in [-0.05, 0) is 25.7 Å². The number of amides is 1. The zero-order valence-electron chi connectivity index (χ0n) is 16.2. The number of rotatable bonds is 8. The molecular formula is C21H30N4O. The second kappa shape index (κ2) is 8.47. The summed E-state index contributed by atoms with van der Waals surface area (Å²) in [5.41, 5.74) is 3.94. The molecule has 0 N–H and O–H groups in total. The fraction of sp³-hybridized carbons (Fsp3) is 0.571. The molecule has 0 aromatic carbocycles. The van der Waals surface area contributed by atoms with Crippen molar-refractivity contribution in [2.75, 3.05) is 6.54 Å². The van der Waals surface area contributed by atoms with Crippen LogP contribution in [0.3, 0.4) is 0 Å². The molecule has 1 unspecified atom stereocenters. The van der Waals surface area contributed by atoms with Crippen LogP contribution >= 0.6 is 0 Å². The number of fused-ring (bicyclic) bond motifs is 1. The fourth-order valence-electron chi connectivity index (χ4n) is 3.72. The van der Waals surface area contributed by atoms with E-state index in [9.17, 15) is 4.79 Å². The summed E-state index contributed by atoms with van der Waals surface area (Å²) in [5.74, 6) is 0.764. The van der Waals surface area contributed by atoms with Gasteiger partial charge in [0.2, 0.25) is 5.91 Å². The number of hydrogen-bond donors (Lipinski definition) is 0. The molecule has 1 atom stereocenters. The summed E-state index contributed by atoms with van der Waals surface area (Å²) in [4.78, 5) is 18.9. The van der Waals surface area contributed by atoms with Crippen LogP contribution in [0.25, 0.3) is 11.7 Å². The number of unbranched alkanes of at least 4 members (excludes halogenated alkanes) is 2. The third-order valence-corrected chi connectivity index (χ3v) is 5.16. The highest BCUT2D eigenvalue weighted by Gasteiger charge is 2.30. The van der Waals surface area contributed by atoms with Gasteiger partial charge in [-0.1, -0.05) is 45.3 Å². The van der Waals surface area contributed by atoms with E-state index >= 15 is 0 Å². The van der Waals surface area contributed by atoms with E-state index in [1.807, 2.05) is 28.7 Å². The average Bonchev–Trinajstić information content (AvgIpc) is 3.12. The summed E-state index contributed by atoms with van der Waals surface area (Å²) in [7, 11) is 0. The number of allylic oxidation sites excluding steroid dienone is 1. The lowest BCUT2D eigenvalue weighted by atomic mass is 10.0. The van der Waals surface area contributed by atoms with Crippen LogP contribution in [-0.2, 0) is 11.3 Å². The molecule has 0 saturated carbocycles. The van der Waals surface area contributed by atoms with Crippen LogP contribution in [0.5, 0.6) is 0 Å². The number of carbonyl (C=O) groups is 1. The second-order valence-corrected chi connectivity index (χ2v) is 7.40. The standard InChI is InChI=1S/C21H30N4O/c1-4-6-7-8-10-18-12-22-21-19(16(3)23-25(21)14-18)15-24-13-17(9-5-2)11-20(24)26/h8,10,12,14,17H,4-7,9,11,13,15H2,1-3H3. The lowest BCUT2D eigenvalue weighted by Gasteiger charge is -2.16. The van der Waals surface area contributed by atoms with E-state index in [0.29, 0.717) is 18.9 Å². The Labute approximate surface area is 156 Å². The third kappa shape index (κ3) is 4.14. The average molecular weight is 354 g/mol. The Morgan fingerprint density at radius 2 is 2.15 bits per heavy atom. The molecule has 5 heteroatoms. The Bertz CT molecular complexity index is 793. The molecule has 1 aliphatic rings. The number of carbonyl (C=O) groups excluding carboxylic acids is 1. The van der Waals surface area contributed by atoms with Crippen LogP contribution < -0.4 is 0 Å². The summed E-state index contributed by atoms with van der Waals surface area (Å²) < 4.78 is 1.86. The van der Waals surface area contributed by atoms with Gasteiger partial charge in [-0.15, -0.1) is 0 Å². The first kappa shape index (κ1) is 18.6. The van der Waals surface area contributed by atoms with Gasteiger partial charge in [0.15, 0.2) is 5.65 Å². The van der Waals surface area contributed by atoms with E-state index in [1.165, 1.54) is 12.8 Å². The smallest absolute Gasteiger partial charge is 0.223 e. The highest BCUT2D eigenvalue weighted by atomic mass is 16.2. The number of aryl methyl sites for hydroxylation is 1. The Hall–Kier alpha value is -2.17. The number of nitrogens with zero attached hydrogens (tertiary/aromatic N) is 4. The zero-order chi connectivity index (χ0) is 18.5. The maximum atomic E-state index is 12.3. The molecule has 1 amide bonds. The molecule has 1 aliphatic heterocycles. The minimum absolute atomic E-state index is 0.262.